The Morgan fingerprint density at radius 3 is 2.62 bits per heavy atom. The zero-order valence-corrected chi connectivity index (χ0v) is 17.8. The fourth-order valence-corrected chi connectivity index (χ4v) is 5.95. The van der Waals surface area contributed by atoms with Crippen LogP contribution >= 0.6 is 22.7 Å². The van der Waals surface area contributed by atoms with Gasteiger partial charge in [0.05, 0.1) is 16.3 Å². The molecule has 4 nitrogen and oxygen atoms in total. The lowest BCUT2D eigenvalue weighted by atomic mass is 9.73. The molecule has 3 aromatic rings. The minimum Gasteiger partial charge on any atom is -0.294 e. The van der Waals surface area contributed by atoms with Crippen molar-refractivity contribution < 1.29 is 4.79 Å². The molecule has 2 aliphatic rings. The first kappa shape index (κ1) is 18.5. The maximum atomic E-state index is 13.4. The molecule has 1 atom stereocenters. The van der Waals surface area contributed by atoms with Gasteiger partial charge in [-0.25, -0.2) is 4.99 Å². The van der Waals surface area contributed by atoms with Crippen molar-refractivity contribution >= 4 is 34.5 Å². The van der Waals surface area contributed by atoms with Crippen molar-refractivity contribution in [3.05, 3.63) is 89.2 Å². The lowest BCUT2D eigenvalue weighted by Crippen LogP contribution is -2.42. The summed E-state index contributed by atoms with van der Waals surface area (Å²) < 4.78 is 2.37. The first-order valence-electron chi connectivity index (χ1n) is 9.59. The minimum atomic E-state index is -0.406. The molecule has 0 fully saturated rings. The van der Waals surface area contributed by atoms with Crippen LogP contribution in [0.5, 0.6) is 0 Å². The van der Waals surface area contributed by atoms with Gasteiger partial charge in [-0.2, -0.15) is 0 Å². The number of hydrogen-bond acceptors (Lipinski definition) is 5. The first-order valence-corrected chi connectivity index (χ1v) is 11.3. The third-order valence-electron chi connectivity index (χ3n) is 5.43. The van der Waals surface area contributed by atoms with Gasteiger partial charge in [-0.05, 0) is 34.9 Å². The van der Waals surface area contributed by atoms with E-state index in [1.165, 1.54) is 11.3 Å². The van der Waals surface area contributed by atoms with Gasteiger partial charge in [-0.1, -0.05) is 61.6 Å². The smallest absolute Gasteiger partial charge is 0.271 e. The van der Waals surface area contributed by atoms with E-state index in [4.69, 9.17) is 4.99 Å². The Bertz CT molecular complexity index is 1310. The summed E-state index contributed by atoms with van der Waals surface area (Å²) in [4.78, 5) is 33.1. The van der Waals surface area contributed by atoms with Gasteiger partial charge in [0.15, 0.2) is 10.6 Å². The van der Waals surface area contributed by atoms with Crippen LogP contribution in [0.4, 0.5) is 0 Å². The second-order valence-corrected chi connectivity index (χ2v) is 10.3. The molecular weight excluding hydrogens is 400 g/mol. The Labute approximate surface area is 176 Å². The fourth-order valence-electron chi connectivity index (χ4n) is 4.20. The molecule has 2 aromatic heterocycles. The average molecular weight is 421 g/mol. The van der Waals surface area contributed by atoms with E-state index in [-0.39, 0.29) is 16.8 Å². The lowest BCUT2D eigenvalue weighted by Gasteiger charge is -2.35. The van der Waals surface area contributed by atoms with Crippen LogP contribution < -0.4 is 14.9 Å². The highest BCUT2D eigenvalue weighted by molar-refractivity contribution is 7.11. The Kier molecular flexibility index (Phi) is 4.29. The van der Waals surface area contributed by atoms with E-state index in [0.717, 1.165) is 22.6 Å². The van der Waals surface area contributed by atoms with E-state index >= 15 is 0 Å². The number of aromatic nitrogens is 1. The molecule has 1 aliphatic carbocycles. The topological polar surface area (TPSA) is 51.4 Å². The molecule has 0 bridgehead atoms. The summed E-state index contributed by atoms with van der Waals surface area (Å²) in [5.74, 6) is 0.0985. The van der Waals surface area contributed by atoms with Crippen LogP contribution in [-0.2, 0) is 4.79 Å². The molecule has 0 saturated heterocycles. The standard InChI is InChI=1S/C23H20N2O2S2/c1-23(2)12-16-19(17(26)13-23)20(14-7-4-3-5-8-14)25-21(27)18(29-22(25)24-16)11-15-9-6-10-28-15/h3-11,20H,12-13H2,1-2H3. The Hall–Kier alpha value is -2.57. The SMILES string of the molecule is CC1(C)CC(=O)C2=C(C1)N=c1sc(=Cc3cccs3)c(=O)n1C2c1ccccc1. The van der Waals surface area contributed by atoms with Crippen molar-refractivity contribution in [1.82, 2.24) is 4.57 Å². The summed E-state index contributed by atoms with van der Waals surface area (Å²) in [6.45, 7) is 4.21. The van der Waals surface area contributed by atoms with Crippen molar-refractivity contribution in [3.8, 4) is 0 Å². The highest BCUT2D eigenvalue weighted by Crippen LogP contribution is 2.43. The zero-order valence-electron chi connectivity index (χ0n) is 16.2. The molecule has 6 heteroatoms. The van der Waals surface area contributed by atoms with Gasteiger partial charge in [-0.15, -0.1) is 11.3 Å². The molecule has 1 aromatic carbocycles. The van der Waals surface area contributed by atoms with Gasteiger partial charge in [-0.3, -0.25) is 14.2 Å². The third kappa shape index (κ3) is 3.16. The van der Waals surface area contributed by atoms with Crippen LogP contribution in [0.2, 0.25) is 0 Å². The van der Waals surface area contributed by atoms with Crippen LogP contribution in [0.1, 0.15) is 43.2 Å². The number of ketones is 1. The quantitative estimate of drug-likeness (QED) is 0.635. The van der Waals surface area contributed by atoms with Gasteiger partial charge in [0.25, 0.3) is 5.56 Å². The molecule has 0 radical (unpaired) electrons. The lowest BCUT2D eigenvalue weighted by molar-refractivity contribution is -0.118. The van der Waals surface area contributed by atoms with Crippen molar-refractivity contribution in [2.24, 2.45) is 10.4 Å². The number of benzene rings is 1. The molecule has 0 amide bonds. The van der Waals surface area contributed by atoms with Gasteiger partial charge < -0.3 is 0 Å². The normalized spacial score (nSPS) is 21.0. The van der Waals surface area contributed by atoms with Crippen LogP contribution in [0, 0.1) is 5.41 Å². The average Bonchev–Trinajstić information content (AvgIpc) is 3.29. The summed E-state index contributed by atoms with van der Waals surface area (Å²) in [5.41, 5.74) is 2.27. The van der Waals surface area contributed by atoms with Crippen LogP contribution in [0.25, 0.3) is 6.08 Å². The van der Waals surface area contributed by atoms with E-state index in [9.17, 15) is 9.59 Å². The Balaban J connectivity index is 1.80. The summed E-state index contributed by atoms with van der Waals surface area (Å²) in [7, 11) is 0. The zero-order chi connectivity index (χ0) is 20.2. The number of Topliss-reactive ketones (excluding diaryl/α,β-unsaturated/α-hetero) is 1. The fraction of sp³-hybridized carbons (Fsp3) is 0.261. The number of allylic oxidation sites excluding steroid dienone is 2. The highest BCUT2D eigenvalue weighted by atomic mass is 32.1. The number of carbonyl (C=O) groups is 1. The van der Waals surface area contributed by atoms with Crippen LogP contribution in [0.3, 0.4) is 0 Å². The number of rotatable bonds is 2. The Morgan fingerprint density at radius 2 is 1.90 bits per heavy atom. The maximum Gasteiger partial charge on any atom is 0.271 e. The molecule has 3 heterocycles. The summed E-state index contributed by atoms with van der Waals surface area (Å²) >= 11 is 3.00. The summed E-state index contributed by atoms with van der Waals surface area (Å²) in [6.07, 6.45) is 3.14. The number of thiazole rings is 1. The van der Waals surface area contributed by atoms with E-state index in [1.807, 2.05) is 53.9 Å². The van der Waals surface area contributed by atoms with E-state index < -0.39 is 6.04 Å². The molecule has 5 rings (SSSR count). The van der Waals surface area contributed by atoms with Gasteiger partial charge in [0.2, 0.25) is 0 Å². The summed E-state index contributed by atoms with van der Waals surface area (Å²) in [5, 5.41) is 2.00. The van der Waals surface area contributed by atoms with Crippen LogP contribution in [0.15, 0.2) is 68.9 Å². The molecule has 0 spiro atoms. The second kappa shape index (κ2) is 6.75. The number of fused-ring (bicyclic) bond motifs is 1. The Morgan fingerprint density at radius 1 is 1.10 bits per heavy atom. The van der Waals surface area contributed by atoms with E-state index in [0.29, 0.717) is 21.3 Å². The highest BCUT2D eigenvalue weighted by Gasteiger charge is 2.40. The largest absolute Gasteiger partial charge is 0.294 e. The van der Waals surface area contributed by atoms with Gasteiger partial charge in [0, 0.05) is 16.9 Å². The van der Waals surface area contributed by atoms with Crippen molar-refractivity contribution in [1.29, 1.82) is 0 Å². The maximum absolute atomic E-state index is 13.4. The second-order valence-electron chi connectivity index (χ2n) is 8.31. The molecular formula is C23H20N2O2S2. The van der Waals surface area contributed by atoms with Gasteiger partial charge >= 0.3 is 0 Å². The number of hydrogen-bond donors (Lipinski definition) is 0. The van der Waals surface area contributed by atoms with Crippen molar-refractivity contribution in [2.45, 2.75) is 32.7 Å². The predicted molar refractivity (Wildman–Crippen MR) is 117 cm³/mol. The molecule has 146 valence electrons. The first-order chi connectivity index (χ1) is 13.9. The number of carbonyl (C=O) groups excluding carboxylic acids is 1. The number of nitrogens with zero attached hydrogens (tertiary/aromatic N) is 2. The molecule has 1 aliphatic heterocycles. The number of thiophene rings is 1. The van der Waals surface area contributed by atoms with E-state index in [2.05, 4.69) is 13.8 Å². The molecule has 0 saturated carbocycles. The molecule has 1 unspecified atom stereocenters. The third-order valence-corrected chi connectivity index (χ3v) is 7.23. The summed E-state index contributed by atoms with van der Waals surface area (Å²) in [6, 6.07) is 13.4. The van der Waals surface area contributed by atoms with E-state index in [1.54, 1.807) is 15.9 Å². The van der Waals surface area contributed by atoms with Crippen LogP contribution in [-0.4, -0.2) is 10.4 Å². The van der Waals surface area contributed by atoms with Gasteiger partial charge in [0.1, 0.15) is 0 Å². The predicted octanol–water partition coefficient (Wildman–Crippen LogP) is 3.67. The van der Waals surface area contributed by atoms with Crippen molar-refractivity contribution in [3.63, 3.8) is 0 Å². The molecule has 29 heavy (non-hydrogen) atoms. The molecule has 0 N–H and O–H groups in total. The van der Waals surface area contributed by atoms with Crippen molar-refractivity contribution in [2.75, 3.05) is 0 Å². The monoisotopic (exact) mass is 420 g/mol. The minimum absolute atomic E-state index is 0.0832.